The van der Waals surface area contributed by atoms with Crippen LogP contribution in [0.3, 0.4) is 0 Å². The summed E-state index contributed by atoms with van der Waals surface area (Å²) in [6, 6.07) is 0. The highest BCUT2D eigenvalue weighted by Gasteiger charge is 2.24. The van der Waals surface area contributed by atoms with E-state index in [1.165, 1.54) is 6.42 Å². The summed E-state index contributed by atoms with van der Waals surface area (Å²) >= 11 is 0. The fraction of sp³-hybridized carbons (Fsp3) is 1.00. The molecule has 2 heteroatoms. The van der Waals surface area contributed by atoms with Gasteiger partial charge >= 0.3 is 0 Å². The smallest absolute Gasteiger partial charge is 0.0676 e. The largest absolute Gasteiger partial charge is 0.393 e. The fourth-order valence-corrected chi connectivity index (χ4v) is 1.64. The van der Waals surface area contributed by atoms with Crippen molar-refractivity contribution in [2.75, 3.05) is 6.61 Å². The standard InChI is InChI=1S/C13H28O2/c1-6-11(3)8-9-15-13(5,7-2)10-12(4)14/h11-12,14H,6-10H2,1-5H3. The molecule has 0 amide bonds. The third-order valence-corrected chi connectivity index (χ3v) is 3.23. The van der Waals surface area contributed by atoms with Crippen molar-refractivity contribution in [2.45, 2.75) is 72.0 Å². The van der Waals surface area contributed by atoms with Crippen LogP contribution in [0.5, 0.6) is 0 Å². The van der Waals surface area contributed by atoms with E-state index in [4.69, 9.17) is 4.74 Å². The molecule has 0 aliphatic heterocycles. The lowest BCUT2D eigenvalue weighted by Gasteiger charge is -2.30. The van der Waals surface area contributed by atoms with E-state index >= 15 is 0 Å². The van der Waals surface area contributed by atoms with Gasteiger partial charge in [0.25, 0.3) is 0 Å². The second kappa shape index (κ2) is 7.24. The van der Waals surface area contributed by atoms with Gasteiger partial charge in [0.15, 0.2) is 0 Å². The predicted octanol–water partition coefficient (Wildman–Crippen LogP) is 3.38. The van der Waals surface area contributed by atoms with Crippen molar-refractivity contribution in [1.29, 1.82) is 0 Å². The van der Waals surface area contributed by atoms with Crippen molar-refractivity contribution in [3.63, 3.8) is 0 Å². The van der Waals surface area contributed by atoms with Crippen molar-refractivity contribution < 1.29 is 9.84 Å². The summed E-state index contributed by atoms with van der Waals surface area (Å²) in [7, 11) is 0. The molecular weight excluding hydrogens is 188 g/mol. The normalized spacial score (nSPS) is 19.6. The first-order valence-electron chi connectivity index (χ1n) is 6.25. The van der Waals surface area contributed by atoms with Crippen LogP contribution in [0.1, 0.15) is 60.3 Å². The van der Waals surface area contributed by atoms with E-state index in [-0.39, 0.29) is 11.7 Å². The van der Waals surface area contributed by atoms with Gasteiger partial charge in [-0.2, -0.15) is 0 Å². The molecule has 0 saturated carbocycles. The average Bonchev–Trinajstić information content (AvgIpc) is 2.16. The van der Waals surface area contributed by atoms with E-state index in [2.05, 4.69) is 27.7 Å². The summed E-state index contributed by atoms with van der Waals surface area (Å²) in [4.78, 5) is 0. The first-order chi connectivity index (χ1) is 6.93. The quantitative estimate of drug-likeness (QED) is 0.674. The predicted molar refractivity (Wildman–Crippen MR) is 65.0 cm³/mol. The minimum absolute atomic E-state index is 0.151. The number of hydrogen-bond donors (Lipinski definition) is 1. The minimum Gasteiger partial charge on any atom is -0.393 e. The summed E-state index contributed by atoms with van der Waals surface area (Å²) in [5.41, 5.74) is -0.151. The number of aliphatic hydroxyl groups is 1. The van der Waals surface area contributed by atoms with Gasteiger partial charge in [-0.3, -0.25) is 0 Å². The molecule has 0 aliphatic rings. The van der Waals surface area contributed by atoms with Gasteiger partial charge in [0.2, 0.25) is 0 Å². The summed E-state index contributed by atoms with van der Waals surface area (Å²) in [6.45, 7) is 11.3. The van der Waals surface area contributed by atoms with Crippen molar-refractivity contribution in [3.8, 4) is 0 Å². The molecular formula is C13H28O2. The molecule has 3 unspecified atom stereocenters. The fourth-order valence-electron chi connectivity index (χ4n) is 1.64. The van der Waals surface area contributed by atoms with E-state index < -0.39 is 0 Å². The Bertz CT molecular complexity index is 157. The molecule has 0 aromatic rings. The lowest BCUT2D eigenvalue weighted by atomic mass is 9.95. The highest BCUT2D eigenvalue weighted by molar-refractivity contribution is 4.75. The zero-order valence-corrected chi connectivity index (χ0v) is 11.0. The third-order valence-electron chi connectivity index (χ3n) is 3.23. The van der Waals surface area contributed by atoms with Crippen LogP contribution >= 0.6 is 0 Å². The van der Waals surface area contributed by atoms with Crippen LogP contribution in [0.15, 0.2) is 0 Å². The van der Waals surface area contributed by atoms with Gasteiger partial charge in [0, 0.05) is 13.0 Å². The minimum atomic E-state index is -0.279. The van der Waals surface area contributed by atoms with Crippen LogP contribution in [-0.4, -0.2) is 23.4 Å². The summed E-state index contributed by atoms with van der Waals surface area (Å²) in [5.74, 6) is 0.734. The maximum atomic E-state index is 9.39. The molecule has 1 N–H and O–H groups in total. The first-order valence-corrected chi connectivity index (χ1v) is 6.25. The van der Waals surface area contributed by atoms with Crippen LogP contribution in [0.4, 0.5) is 0 Å². The van der Waals surface area contributed by atoms with Gasteiger partial charge in [0.1, 0.15) is 0 Å². The molecule has 3 atom stereocenters. The van der Waals surface area contributed by atoms with Crippen LogP contribution in [0.2, 0.25) is 0 Å². The van der Waals surface area contributed by atoms with Gasteiger partial charge in [0.05, 0.1) is 11.7 Å². The zero-order valence-electron chi connectivity index (χ0n) is 11.0. The third kappa shape index (κ3) is 6.91. The SMILES string of the molecule is CCC(C)CCOC(C)(CC)CC(C)O. The zero-order chi connectivity index (χ0) is 11.9. The molecule has 0 aromatic heterocycles. The maximum Gasteiger partial charge on any atom is 0.0676 e. The molecule has 2 nitrogen and oxygen atoms in total. The van der Waals surface area contributed by atoms with E-state index in [1.54, 1.807) is 0 Å². The van der Waals surface area contributed by atoms with Gasteiger partial charge in [-0.25, -0.2) is 0 Å². The van der Waals surface area contributed by atoms with Crippen molar-refractivity contribution >= 4 is 0 Å². The lowest BCUT2D eigenvalue weighted by Crippen LogP contribution is -2.32. The van der Waals surface area contributed by atoms with Crippen LogP contribution in [0, 0.1) is 5.92 Å². The molecule has 0 bridgehead atoms. The number of aliphatic hydroxyl groups excluding tert-OH is 1. The first kappa shape index (κ1) is 14.9. The summed E-state index contributed by atoms with van der Waals surface area (Å²) in [6.07, 6.45) is 3.73. The molecule has 0 saturated heterocycles. The van der Waals surface area contributed by atoms with Gasteiger partial charge in [-0.1, -0.05) is 27.2 Å². The number of rotatable bonds is 8. The molecule has 0 rings (SSSR count). The molecule has 15 heavy (non-hydrogen) atoms. The molecule has 0 radical (unpaired) electrons. The topological polar surface area (TPSA) is 29.5 Å². The van der Waals surface area contributed by atoms with Gasteiger partial charge < -0.3 is 9.84 Å². The van der Waals surface area contributed by atoms with Crippen LogP contribution in [0.25, 0.3) is 0 Å². The number of ether oxygens (including phenoxy) is 1. The lowest BCUT2D eigenvalue weighted by molar-refractivity contribution is -0.0651. The Balaban J connectivity index is 3.87. The Labute approximate surface area is 95.0 Å². The summed E-state index contributed by atoms with van der Waals surface area (Å²) in [5, 5.41) is 9.39. The molecule has 92 valence electrons. The van der Waals surface area contributed by atoms with E-state index in [1.807, 2.05) is 6.92 Å². The molecule has 0 spiro atoms. The Kier molecular flexibility index (Phi) is 7.20. The Morgan fingerprint density at radius 2 is 1.87 bits per heavy atom. The highest BCUT2D eigenvalue weighted by Crippen LogP contribution is 2.22. The maximum absolute atomic E-state index is 9.39. The highest BCUT2D eigenvalue weighted by atomic mass is 16.5. The van der Waals surface area contributed by atoms with Gasteiger partial charge in [-0.15, -0.1) is 0 Å². The van der Waals surface area contributed by atoms with Crippen molar-refractivity contribution in [1.82, 2.24) is 0 Å². The van der Waals surface area contributed by atoms with Gasteiger partial charge in [-0.05, 0) is 32.6 Å². The van der Waals surface area contributed by atoms with Crippen molar-refractivity contribution in [2.24, 2.45) is 5.92 Å². The van der Waals surface area contributed by atoms with E-state index in [0.717, 1.165) is 31.8 Å². The Morgan fingerprint density at radius 3 is 2.27 bits per heavy atom. The molecule has 0 aromatic carbocycles. The average molecular weight is 216 g/mol. The Morgan fingerprint density at radius 1 is 1.27 bits per heavy atom. The van der Waals surface area contributed by atoms with Crippen LogP contribution in [-0.2, 0) is 4.74 Å². The monoisotopic (exact) mass is 216 g/mol. The molecule has 0 heterocycles. The second-order valence-corrected chi connectivity index (χ2v) is 5.01. The molecule has 0 fully saturated rings. The van der Waals surface area contributed by atoms with Crippen molar-refractivity contribution in [3.05, 3.63) is 0 Å². The van der Waals surface area contributed by atoms with E-state index in [0.29, 0.717) is 0 Å². The van der Waals surface area contributed by atoms with Crippen LogP contribution < -0.4 is 0 Å². The summed E-state index contributed by atoms with van der Waals surface area (Å²) < 4.78 is 5.90. The number of hydrogen-bond acceptors (Lipinski definition) is 2. The second-order valence-electron chi connectivity index (χ2n) is 5.01. The van der Waals surface area contributed by atoms with E-state index in [9.17, 15) is 5.11 Å². The molecule has 0 aliphatic carbocycles. The Hall–Kier alpha value is -0.0800.